The van der Waals surface area contributed by atoms with Crippen LogP contribution in [0.2, 0.25) is 19.6 Å². The van der Waals surface area contributed by atoms with E-state index in [9.17, 15) is 0 Å². The van der Waals surface area contributed by atoms with Crippen molar-refractivity contribution in [3.05, 3.63) is 42.0 Å². The fraction of sp³-hybridized carbons (Fsp3) is 0.500. The molecule has 19 heavy (non-hydrogen) atoms. The molecule has 0 radical (unpaired) electrons. The summed E-state index contributed by atoms with van der Waals surface area (Å²) in [4.78, 5) is 0. The van der Waals surface area contributed by atoms with Crippen molar-refractivity contribution in [2.75, 3.05) is 7.11 Å². The second kappa shape index (κ2) is 5.14. The molecule has 1 atom stereocenters. The molecule has 104 valence electrons. The van der Waals surface area contributed by atoms with Gasteiger partial charge < -0.3 is 9.16 Å². The summed E-state index contributed by atoms with van der Waals surface area (Å²) in [5, 5.41) is 0. The zero-order chi connectivity index (χ0) is 14.1. The van der Waals surface area contributed by atoms with Crippen molar-refractivity contribution in [2.24, 2.45) is 0 Å². The number of fused-ring (bicyclic) bond motifs is 1. The minimum absolute atomic E-state index is 0.327. The van der Waals surface area contributed by atoms with Gasteiger partial charge >= 0.3 is 0 Å². The van der Waals surface area contributed by atoms with Gasteiger partial charge in [0.05, 0.1) is 7.11 Å². The van der Waals surface area contributed by atoms with E-state index in [-0.39, 0.29) is 5.60 Å². The summed E-state index contributed by atoms with van der Waals surface area (Å²) in [5.41, 5.74) is 2.28. The van der Waals surface area contributed by atoms with Gasteiger partial charge in [-0.2, -0.15) is 0 Å². The van der Waals surface area contributed by atoms with E-state index in [1.165, 1.54) is 11.1 Å². The molecule has 1 aromatic rings. The summed E-state index contributed by atoms with van der Waals surface area (Å²) in [6.07, 6.45) is 5.27. The highest BCUT2D eigenvalue weighted by atomic mass is 28.4. The van der Waals surface area contributed by atoms with Crippen molar-refractivity contribution in [3.8, 4) is 5.75 Å². The monoisotopic (exact) mass is 276 g/mol. The van der Waals surface area contributed by atoms with Crippen LogP contribution in [0.3, 0.4) is 0 Å². The Balaban J connectivity index is 2.51. The van der Waals surface area contributed by atoms with Crippen LogP contribution in [0.5, 0.6) is 5.75 Å². The van der Waals surface area contributed by atoms with Gasteiger partial charge in [0.1, 0.15) is 11.4 Å². The molecule has 0 bridgehead atoms. The van der Waals surface area contributed by atoms with Gasteiger partial charge in [0.15, 0.2) is 8.32 Å². The van der Waals surface area contributed by atoms with E-state index in [2.05, 4.69) is 38.4 Å². The first-order valence-electron chi connectivity index (χ1n) is 6.91. The Kier molecular flexibility index (Phi) is 3.88. The number of benzene rings is 1. The second-order valence-electron chi connectivity index (χ2n) is 6.18. The van der Waals surface area contributed by atoms with E-state index in [0.29, 0.717) is 0 Å². The zero-order valence-electron chi connectivity index (χ0n) is 12.5. The third-order valence-electron chi connectivity index (χ3n) is 3.59. The van der Waals surface area contributed by atoms with Crippen LogP contribution in [0.1, 0.15) is 24.0 Å². The Hall–Kier alpha value is -1.06. The van der Waals surface area contributed by atoms with Gasteiger partial charge in [0.2, 0.25) is 0 Å². The Labute approximate surface area is 117 Å². The first-order chi connectivity index (χ1) is 8.90. The molecular weight excluding hydrogens is 252 g/mol. The van der Waals surface area contributed by atoms with E-state index in [1.54, 1.807) is 7.11 Å². The van der Waals surface area contributed by atoms with E-state index in [4.69, 9.17) is 9.16 Å². The smallest absolute Gasteiger partial charge is 0.185 e. The second-order valence-corrected chi connectivity index (χ2v) is 10.6. The molecule has 1 aliphatic rings. The molecular formula is C16H24O2Si. The highest BCUT2D eigenvalue weighted by Gasteiger charge is 2.38. The van der Waals surface area contributed by atoms with E-state index < -0.39 is 8.32 Å². The van der Waals surface area contributed by atoms with Crippen LogP contribution in [0.25, 0.3) is 0 Å². The predicted octanol–water partition coefficient (Wildman–Crippen LogP) is 4.26. The van der Waals surface area contributed by atoms with Crippen molar-refractivity contribution in [3.63, 3.8) is 0 Å². The van der Waals surface area contributed by atoms with E-state index in [1.807, 2.05) is 12.1 Å². The number of methoxy groups -OCH3 is 1. The summed E-state index contributed by atoms with van der Waals surface area (Å²) in [6, 6.07) is 6.32. The van der Waals surface area contributed by atoms with Gasteiger partial charge in [-0.25, -0.2) is 0 Å². The standard InChI is InChI=1S/C16H24O2Si/c1-6-16(18-19(3,4)5)11-7-8-13-9-10-14(17-2)12-15(13)16/h6,9-10,12H,1,7-8,11H2,2-5H3. The lowest BCUT2D eigenvalue weighted by molar-refractivity contribution is 0.0904. The number of ether oxygens (including phenoxy) is 1. The molecule has 2 nitrogen and oxygen atoms in total. The number of hydrogen-bond acceptors (Lipinski definition) is 2. The minimum atomic E-state index is -1.65. The molecule has 2 rings (SSSR count). The van der Waals surface area contributed by atoms with Crippen molar-refractivity contribution in [1.82, 2.24) is 0 Å². The highest BCUT2D eigenvalue weighted by molar-refractivity contribution is 6.69. The summed E-state index contributed by atoms with van der Waals surface area (Å²) in [5.74, 6) is 0.894. The molecule has 0 aromatic heterocycles. The topological polar surface area (TPSA) is 18.5 Å². The lowest BCUT2D eigenvalue weighted by Crippen LogP contribution is -2.41. The molecule has 0 saturated carbocycles. The maximum atomic E-state index is 6.51. The van der Waals surface area contributed by atoms with Crippen LogP contribution in [0.4, 0.5) is 0 Å². The molecule has 1 unspecified atom stereocenters. The molecule has 0 saturated heterocycles. The molecule has 0 spiro atoms. The average molecular weight is 276 g/mol. The fourth-order valence-corrected chi connectivity index (χ4v) is 4.26. The first kappa shape index (κ1) is 14.3. The van der Waals surface area contributed by atoms with E-state index >= 15 is 0 Å². The quantitative estimate of drug-likeness (QED) is 0.604. The summed E-state index contributed by atoms with van der Waals surface area (Å²) in [7, 11) is 0.0618. The van der Waals surface area contributed by atoms with Crippen molar-refractivity contribution in [1.29, 1.82) is 0 Å². The van der Waals surface area contributed by atoms with Gasteiger partial charge in [-0.15, -0.1) is 0 Å². The van der Waals surface area contributed by atoms with Crippen molar-refractivity contribution >= 4 is 8.32 Å². The zero-order valence-corrected chi connectivity index (χ0v) is 13.5. The fourth-order valence-electron chi connectivity index (χ4n) is 2.88. The molecule has 0 fully saturated rings. The van der Waals surface area contributed by atoms with Gasteiger partial charge in [0.25, 0.3) is 0 Å². The molecule has 3 heteroatoms. The first-order valence-corrected chi connectivity index (χ1v) is 10.3. The normalized spacial score (nSPS) is 22.7. The lowest BCUT2D eigenvalue weighted by atomic mass is 9.79. The summed E-state index contributed by atoms with van der Waals surface area (Å²) >= 11 is 0. The van der Waals surface area contributed by atoms with Crippen LogP contribution >= 0.6 is 0 Å². The van der Waals surface area contributed by atoms with Gasteiger partial charge in [-0.1, -0.05) is 18.7 Å². The van der Waals surface area contributed by atoms with Gasteiger partial charge in [-0.3, -0.25) is 0 Å². The maximum absolute atomic E-state index is 6.51. The number of rotatable bonds is 4. The summed E-state index contributed by atoms with van der Waals surface area (Å²) < 4.78 is 11.9. The average Bonchev–Trinajstić information content (AvgIpc) is 2.37. The molecule has 0 amide bonds. The Morgan fingerprint density at radius 2 is 2.05 bits per heavy atom. The maximum Gasteiger partial charge on any atom is 0.185 e. The van der Waals surface area contributed by atoms with Crippen molar-refractivity contribution in [2.45, 2.75) is 44.5 Å². The Bertz CT molecular complexity index is 476. The lowest BCUT2D eigenvalue weighted by Gasteiger charge is -2.41. The molecule has 0 aliphatic heterocycles. The number of hydrogen-bond donors (Lipinski definition) is 0. The third-order valence-corrected chi connectivity index (χ3v) is 4.56. The molecule has 0 heterocycles. The van der Waals surface area contributed by atoms with Crippen LogP contribution in [-0.2, 0) is 16.4 Å². The van der Waals surface area contributed by atoms with Crippen LogP contribution in [-0.4, -0.2) is 15.4 Å². The third kappa shape index (κ3) is 2.93. The van der Waals surface area contributed by atoms with Gasteiger partial charge in [-0.05, 0) is 62.2 Å². The largest absolute Gasteiger partial charge is 0.497 e. The van der Waals surface area contributed by atoms with Gasteiger partial charge in [0, 0.05) is 0 Å². The number of aryl methyl sites for hydroxylation is 1. The SMILES string of the molecule is C=CC1(O[Si](C)(C)C)CCCc2ccc(OC)cc21. The summed E-state index contributed by atoms with van der Waals surface area (Å²) in [6.45, 7) is 10.7. The van der Waals surface area contributed by atoms with E-state index in [0.717, 1.165) is 25.0 Å². The van der Waals surface area contributed by atoms with Crippen LogP contribution < -0.4 is 4.74 Å². The van der Waals surface area contributed by atoms with Crippen molar-refractivity contribution < 1.29 is 9.16 Å². The molecule has 0 N–H and O–H groups in total. The predicted molar refractivity (Wildman–Crippen MR) is 82.2 cm³/mol. The Morgan fingerprint density at radius 3 is 2.63 bits per heavy atom. The molecule has 1 aliphatic carbocycles. The molecule has 1 aromatic carbocycles. The van der Waals surface area contributed by atoms with Crippen LogP contribution in [0.15, 0.2) is 30.9 Å². The highest BCUT2D eigenvalue weighted by Crippen LogP contribution is 2.42. The van der Waals surface area contributed by atoms with Crippen LogP contribution in [0, 0.1) is 0 Å². The minimum Gasteiger partial charge on any atom is -0.497 e. The Morgan fingerprint density at radius 1 is 1.32 bits per heavy atom.